The second kappa shape index (κ2) is 5.72. The maximum atomic E-state index is 5.52. The van der Waals surface area contributed by atoms with Gasteiger partial charge in [-0.05, 0) is 42.5 Å². The molecule has 0 unspecified atom stereocenters. The predicted octanol–water partition coefficient (Wildman–Crippen LogP) is 2.14. The number of hydrogen-bond donors (Lipinski definition) is 1. The van der Waals surface area contributed by atoms with Crippen molar-refractivity contribution in [1.82, 2.24) is 5.32 Å². The Bertz CT molecular complexity index is 399. The summed E-state index contributed by atoms with van der Waals surface area (Å²) in [4.78, 5) is 0. The summed E-state index contributed by atoms with van der Waals surface area (Å²) in [5.41, 5.74) is 2.73. The molecule has 2 aliphatic rings. The van der Waals surface area contributed by atoms with Crippen LogP contribution < -0.4 is 10.1 Å². The Balaban J connectivity index is 1.48. The van der Waals surface area contributed by atoms with E-state index in [1.165, 1.54) is 24.0 Å². The molecule has 18 heavy (non-hydrogen) atoms. The summed E-state index contributed by atoms with van der Waals surface area (Å²) in [7, 11) is 0. The lowest BCUT2D eigenvalue weighted by atomic mass is 10.0. The Labute approximate surface area is 108 Å². The van der Waals surface area contributed by atoms with Crippen molar-refractivity contribution < 1.29 is 9.47 Å². The van der Waals surface area contributed by atoms with Gasteiger partial charge >= 0.3 is 0 Å². The van der Waals surface area contributed by atoms with Crippen LogP contribution in [0.15, 0.2) is 18.2 Å². The Morgan fingerprint density at radius 3 is 2.94 bits per heavy atom. The molecule has 0 amide bonds. The van der Waals surface area contributed by atoms with Crippen molar-refractivity contribution in [1.29, 1.82) is 0 Å². The van der Waals surface area contributed by atoms with Crippen LogP contribution in [0.25, 0.3) is 0 Å². The summed E-state index contributed by atoms with van der Waals surface area (Å²) >= 11 is 0. The zero-order chi connectivity index (χ0) is 12.2. The van der Waals surface area contributed by atoms with E-state index in [9.17, 15) is 0 Å². The van der Waals surface area contributed by atoms with Crippen molar-refractivity contribution in [3.8, 4) is 5.75 Å². The monoisotopic (exact) mass is 247 g/mol. The molecule has 0 aromatic heterocycles. The van der Waals surface area contributed by atoms with Crippen molar-refractivity contribution in [2.45, 2.75) is 25.8 Å². The van der Waals surface area contributed by atoms with Gasteiger partial charge in [0.05, 0.1) is 6.61 Å². The fraction of sp³-hybridized carbons (Fsp3) is 0.600. The molecular formula is C15H21NO2. The summed E-state index contributed by atoms with van der Waals surface area (Å²) in [6, 6.07) is 6.55. The fourth-order valence-corrected chi connectivity index (χ4v) is 2.72. The topological polar surface area (TPSA) is 30.5 Å². The molecule has 0 bridgehead atoms. The van der Waals surface area contributed by atoms with Gasteiger partial charge in [0, 0.05) is 26.2 Å². The fourth-order valence-electron chi connectivity index (χ4n) is 2.72. The molecule has 3 nitrogen and oxygen atoms in total. The second-order valence-electron chi connectivity index (χ2n) is 5.23. The van der Waals surface area contributed by atoms with Gasteiger partial charge in [0.2, 0.25) is 0 Å². The third-order valence-electron chi connectivity index (χ3n) is 3.86. The van der Waals surface area contributed by atoms with Crippen molar-refractivity contribution in [2.75, 3.05) is 26.4 Å². The first-order valence-corrected chi connectivity index (χ1v) is 6.95. The first-order valence-electron chi connectivity index (χ1n) is 6.95. The van der Waals surface area contributed by atoms with Crippen LogP contribution in [0, 0.1) is 5.92 Å². The van der Waals surface area contributed by atoms with Gasteiger partial charge in [0.1, 0.15) is 5.75 Å². The van der Waals surface area contributed by atoms with Gasteiger partial charge in [-0.2, -0.15) is 0 Å². The molecule has 2 aliphatic heterocycles. The Hall–Kier alpha value is -1.06. The molecule has 0 spiro atoms. The lowest BCUT2D eigenvalue weighted by molar-refractivity contribution is 0.0662. The third-order valence-corrected chi connectivity index (χ3v) is 3.86. The molecule has 1 aromatic rings. The van der Waals surface area contributed by atoms with Crippen LogP contribution in [0.2, 0.25) is 0 Å². The van der Waals surface area contributed by atoms with E-state index in [0.29, 0.717) is 0 Å². The number of benzene rings is 1. The molecular weight excluding hydrogens is 226 g/mol. The average molecular weight is 247 g/mol. The number of ether oxygens (including phenoxy) is 2. The van der Waals surface area contributed by atoms with E-state index in [1.54, 1.807) is 0 Å². The maximum absolute atomic E-state index is 5.52. The van der Waals surface area contributed by atoms with E-state index in [-0.39, 0.29) is 0 Å². The van der Waals surface area contributed by atoms with Gasteiger partial charge < -0.3 is 14.8 Å². The van der Waals surface area contributed by atoms with Crippen LogP contribution in [0.4, 0.5) is 0 Å². The minimum atomic E-state index is 0.788. The Kier molecular flexibility index (Phi) is 3.81. The van der Waals surface area contributed by atoms with Crippen LogP contribution >= 0.6 is 0 Å². The van der Waals surface area contributed by atoms with Crippen molar-refractivity contribution in [3.63, 3.8) is 0 Å². The molecule has 1 saturated heterocycles. The van der Waals surface area contributed by atoms with Crippen molar-refractivity contribution in [3.05, 3.63) is 29.3 Å². The first-order chi connectivity index (χ1) is 8.92. The zero-order valence-electron chi connectivity index (χ0n) is 10.8. The highest BCUT2D eigenvalue weighted by molar-refractivity contribution is 5.39. The summed E-state index contributed by atoms with van der Waals surface area (Å²) in [6.45, 7) is 4.78. The molecule has 0 aliphatic carbocycles. The highest BCUT2D eigenvalue weighted by Gasteiger charge is 2.14. The van der Waals surface area contributed by atoms with Crippen LogP contribution in [0.5, 0.6) is 5.75 Å². The molecule has 0 atom stereocenters. The largest absolute Gasteiger partial charge is 0.493 e. The number of rotatable bonds is 4. The van der Waals surface area contributed by atoms with E-state index in [4.69, 9.17) is 9.47 Å². The lowest BCUT2D eigenvalue weighted by Gasteiger charge is -2.22. The number of hydrogen-bond acceptors (Lipinski definition) is 3. The van der Waals surface area contributed by atoms with E-state index >= 15 is 0 Å². The summed E-state index contributed by atoms with van der Waals surface area (Å²) in [5.74, 6) is 1.86. The van der Waals surface area contributed by atoms with Crippen LogP contribution in [-0.2, 0) is 17.7 Å². The van der Waals surface area contributed by atoms with Gasteiger partial charge in [-0.1, -0.05) is 12.1 Å². The average Bonchev–Trinajstić information content (AvgIpc) is 2.87. The molecule has 98 valence electrons. The summed E-state index contributed by atoms with van der Waals surface area (Å²) in [6.07, 6.45) is 3.46. The van der Waals surface area contributed by atoms with Gasteiger partial charge in [-0.15, -0.1) is 0 Å². The molecule has 3 heteroatoms. The quantitative estimate of drug-likeness (QED) is 0.884. The van der Waals surface area contributed by atoms with Gasteiger partial charge in [-0.25, -0.2) is 0 Å². The molecule has 0 radical (unpaired) electrons. The van der Waals surface area contributed by atoms with Crippen LogP contribution in [0.3, 0.4) is 0 Å². The van der Waals surface area contributed by atoms with E-state index in [0.717, 1.165) is 51.0 Å². The van der Waals surface area contributed by atoms with E-state index < -0.39 is 0 Å². The van der Waals surface area contributed by atoms with E-state index in [2.05, 4.69) is 23.5 Å². The summed E-state index contributed by atoms with van der Waals surface area (Å²) < 4.78 is 10.9. The molecule has 1 N–H and O–H groups in total. The van der Waals surface area contributed by atoms with Gasteiger partial charge in [0.15, 0.2) is 0 Å². The molecule has 0 saturated carbocycles. The second-order valence-corrected chi connectivity index (χ2v) is 5.23. The van der Waals surface area contributed by atoms with Gasteiger partial charge in [0.25, 0.3) is 0 Å². The summed E-state index contributed by atoms with van der Waals surface area (Å²) in [5, 5.41) is 3.57. The normalized spacial score (nSPS) is 19.6. The SMILES string of the molecule is c1cc2c(cc1CNCC1CCOCC1)CCO2. The maximum Gasteiger partial charge on any atom is 0.122 e. The van der Waals surface area contributed by atoms with Crippen molar-refractivity contribution >= 4 is 0 Å². The molecule has 1 aromatic carbocycles. The first kappa shape index (κ1) is 12.0. The number of nitrogens with one attached hydrogen (secondary N) is 1. The van der Waals surface area contributed by atoms with Gasteiger partial charge in [-0.3, -0.25) is 0 Å². The Morgan fingerprint density at radius 2 is 2.06 bits per heavy atom. The molecule has 1 fully saturated rings. The third kappa shape index (κ3) is 2.85. The predicted molar refractivity (Wildman–Crippen MR) is 70.9 cm³/mol. The minimum Gasteiger partial charge on any atom is -0.493 e. The smallest absolute Gasteiger partial charge is 0.122 e. The molecule has 2 heterocycles. The Morgan fingerprint density at radius 1 is 1.17 bits per heavy atom. The lowest BCUT2D eigenvalue weighted by Crippen LogP contribution is -2.27. The molecule has 3 rings (SSSR count). The minimum absolute atomic E-state index is 0.788. The zero-order valence-corrected chi connectivity index (χ0v) is 10.8. The highest BCUT2D eigenvalue weighted by atomic mass is 16.5. The van der Waals surface area contributed by atoms with Crippen LogP contribution in [0.1, 0.15) is 24.0 Å². The van der Waals surface area contributed by atoms with Crippen LogP contribution in [-0.4, -0.2) is 26.4 Å². The number of fused-ring (bicyclic) bond motifs is 1. The van der Waals surface area contributed by atoms with E-state index in [1.807, 2.05) is 0 Å². The van der Waals surface area contributed by atoms with Crippen molar-refractivity contribution in [2.24, 2.45) is 5.92 Å². The highest BCUT2D eigenvalue weighted by Crippen LogP contribution is 2.25. The standard InChI is InChI=1S/C15H21NO2/c1-2-15-14(5-8-18-15)9-13(1)11-16-10-12-3-6-17-7-4-12/h1-2,9,12,16H,3-8,10-11H2.